The number of rotatable bonds is 4. The maximum atomic E-state index is 11.5. The number of terminal acetylenes is 1. The van der Waals surface area contributed by atoms with Crippen molar-refractivity contribution in [1.82, 2.24) is 4.90 Å². The van der Waals surface area contributed by atoms with Gasteiger partial charge in [-0.2, -0.15) is 0 Å². The number of hydrogen-bond acceptors (Lipinski definition) is 3. The Morgan fingerprint density at radius 2 is 1.76 bits per heavy atom. The molecule has 0 bridgehead atoms. The van der Waals surface area contributed by atoms with Crippen molar-refractivity contribution < 1.29 is 19.4 Å². The van der Waals surface area contributed by atoms with Crippen LogP contribution in [0.15, 0.2) is 0 Å². The lowest BCUT2D eigenvalue weighted by Crippen LogP contribution is -2.40. The van der Waals surface area contributed by atoms with Crippen LogP contribution < -0.4 is 0 Å². The lowest BCUT2D eigenvalue weighted by molar-refractivity contribution is -0.138. The number of nitrogens with zero attached hydrogens (tertiary/aromatic N) is 1. The highest BCUT2D eigenvalue weighted by atomic mass is 16.6. The Hall–Kier alpha value is -1.70. The van der Waals surface area contributed by atoms with Gasteiger partial charge in [-0.05, 0) is 27.2 Å². The number of carboxylic acid groups (broad SMARTS) is 1. The first-order valence-electron chi connectivity index (χ1n) is 5.29. The molecule has 98 valence electrons. The van der Waals surface area contributed by atoms with E-state index in [4.69, 9.17) is 9.84 Å². The minimum absolute atomic E-state index is 0.317. The van der Waals surface area contributed by atoms with Crippen molar-refractivity contribution >= 4 is 12.1 Å². The van der Waals surface area contributed by atoms with Crippen LogP contribution in [0, 0.1) is 12.8 Å². The average Bonchev–Trinajstić information content (AvgIpc) is 2.17. The van der Waals surface area contributed by atoms with Crippen LogP contribution in [-0.2, 0) is 9.53 Å². The SMILES string of the molecule is C#C.CCCN(CC(=O)O)C(=O)OC(C)(C)C. The zero-order valence-corrected chi connectivity index (χ0v) is 10.9. The van der Waals surface area contributed by atoms with Gasteiger partial charge in [-0.1, -0.05) is 6.92 Å². The smallest absolute Gasteiger partial charge is 0.410 e. The molecule has 0 heterocycles. The molecule has 0 fully saturated rings. The van der Waals surface area contributed by atoms with E-state index in [1.165, 1.54) is 4.90 Å². The monoisotopic (exact) mass is 243 g/mol. The third kappa shape index (κ3) is 10.6. The summed E-state index contributed by atoms with van der Waals surface area (Å²) in [5.74, 6) is -1.03. The Morgan fingerprint density at radius 1 is 1.29 bits per heavy atom. The first kappa shape index (κ1) is 17.7. The topological polar surface area (TPSA) is 66.8 Å². The van der Waals surface area contributed by atoms with E-state index in [1.807, 2.05) is 6.92 Å². The molecule has 0 unspecified atom stereocenters. The summed E-state index contributed by atoms with van der Waals surface area (Å²) in [7, 11) is 0. The molecule has 0 aromatic rings. The molecule has 0 saturated heterocycles. The lowest BCUT2D eigenvalue weighted by Gasteiger charge is -2.25. The van der Waals surface area contributed by atoms with Crippen molar-refractivity contribution in [2.24, 2.45) is 0 Å². The van der Waals surface area contributed by atoms with Crippen LogP contribution in [0.5, 0.6) is 0 Å². The predicted octanol–water partition coefficient (Wildman–Crippen LogP) is 1.97. The summed E-state index contributed by atoms with van der Waals surface area (Å²) in [5.41, 5.74) is -0.596. The van der Waals surface area contributed by atoms with Gasteiger partial charge in [-0.25, -0.2) is 4.79 Å². The zero-order valence-electron chi connectivity index (χ0n) is 10.9. The molecule has 0 aromatic carbocycles. The summed E-state index contributed by atoms with van der Waals surface area (Å²) in [4.78, 5) is 23.2. The van der Waals surface area contributed by atoms with E-state index in [0.717, 1.165) is 0 Å². The Morgan fingerprint density at radius 3 is 2.06 bits per heavy atom. The molecule has 17 heavy (non-hydrogen) atoms. The molecule has 1 N–H and O–H groups in total. The quantitative estimate of drug-likeness (QED) is 0.766. The summed E-state index contributed by atoms with van der Waals surface area (Å²) in [5, 5.41) is 8.61. The number of ether oxygens (including phenoxy) is 1. The number of hydrogen-bond donors (Lipinski definition) is 1. The number of carboxylic acids is 1. The Labute approximate surface area is 103 Å². The molecule has 1 amide bonds. The van der Waals surface area contributed by atoms with Crippen molar-refractivity contribution in [1.29, 1.82) is 0 Å². The Balaban J connectivity index is 0. The molecule has 5 nitrogen and oxygen atoms in total. The molecular formula is C12H21NO4. The second kappa shape index (κ2) is 8.45. The average molecular weight is 243 g/mol. The summed E-state index contributed by atoms with van der Waals surface area (Å²) in [6.07, 6.45) is 8.12. The van der Waals surface area contributed by atoms with E-state index in [9.17, 15) is 9.59 Å². The number of carbonyl (C=O) groups excluding carboxylic acids is 1. The van der Waals surface area contributed by atoms with Crippen molar-refractivity contribution in [3.8, 4) is 12.8 Å². The maximum Gasteiger partial charge on any atom is 0.410 e. The van der Waals surface area contributed by atoms with Gasteiger partial charge in [-0.15, -0.1) is 12.8 Å². The van der Waals surface area contributed by atoms with E-state index in [1.54, 1.807) is 20.8 Å². The third-order valence-electron chi connectivity index (χ3n) is 1.47. The normalized spacial score (nSPS) is 9.76. The van der Waals surface area contributed by atoms with E-state index in [0.29, 0.717) is 13.0 Å². The molecule has 0 rings (SSSR count). The molecule has 0 saturated carbocycles. The van der Waals surface area contributed by atoms with Gasteiger partial charge in [0.2, 0.25) is 0 Å². The Kier molecular flexibility index (Phi) is 8.79. The third-order valence-corrected chi connectivity index (χ3v) is 1.47. The van der Waals surface area contributed by atoms with Gasteiger partial charge in [0, 0.05) is 6.54 Å². The summed E-state index contributed by atoms with van der Waals surface area (Å²) < 4.78 is 5.08. The van der Waals surface area contributed by atoms with E-state index < -0.39 is 17.7 Å². The van der Waals surface area contributed by atoms with Crippen LogP contribution in [0.3, 0.4) is 0 Å². The fraction of sp³-hybridized carbons (Fsp3) is 0.667. The van der Waals surface area contributed by atoms with Crippen LogP contribution in [0.2, 0.25) is 0 Å². The molecule has 0 aromatic heterocycles. The van der Waals surface area contributed by atoms with Gasteiger partial charge in [0.15, 0.2) is 0 Å². The van der Waals surface area contributed by atoms with E-state index in [-0.39, 0.29) is 6.54 Å². The fourth-order valence-corrected chi connectivity index (χ4v) is 0.995. The largest absolute Gasteiger partial charge is 0.480 e. The van der Waals surface area contributed by atoms with E-state index in [2.05, 4.69) is 12.8 Å². The summed E-state index contributed by atoms with van der Waals surface area (Å²) in [6.45, 7) is 7.19. The first-order valence-corrected chi connectivity index (χ1v) is 5.29. The van der Waals surface area contributed by atoms with Crippen molar-refractivity contribution in [2.45, 2.75) is 39.7 Å². The lowest BCUT2D eigenvalue weighted by atomic mass is 10.2. The molecular weight excluding hydrogens is 222 g/mol. The van der Waals surface area contributed by atoms with Gasteiger partial charge in [0.25, 0.3) is 0 Å². The molecule has 0 radical (unpaired) electrons. The number of amides is 1. The van der Waals surface area contributed by atoms with Gasteiger partial charge in [0.05, 0.1) is 0 Å². The predicted molar refractivity (Wildman–Crippen MR) is 65.6 cm³/mol. The highest BCUT2D eigenvalue weighted by Gasteiger charge is 2.22. The van der Waals surface area contributed by atoms with Crippen molar-refractivity contribution in [3.63, 3.8) is 0 Å². The summed E-state index contributed by atoms with van der Waals surface area (Å²) in [6, 6.07) is 0. The maximum absolute atomic E-state index is 11.5. The first-order chi connectivity index (χ1) is 7.76. The van der Waals surface area contributed by atoms with Crippen molar-refractivity contribution in [3.05, 3.63) is 0 Å². The molecule has 5 heteroatoms. The molecule has 0 aliphatic carbocycles. The highest BCUT2D eigenvalue weighted by molar-refractivity contribution is 5.76. The van der Waals surface area contributed by atoms with Crippen LogP contribution in [-0.4, -0.2) is 40.8 Å². The minimum Gasteiger partial charge on any atom is -0.480 e. The molecule has 0 atom stereocenters. The van der Waals surface area contributed by atoms with Crippen LogP contribution >= 0.6 is 0 Å². The second-order valence-electron chi connectivity index (χ2n) is 4.30. The Bertz CT molecular complexity index is 265. The van der Waals surface area contributed by atoms with E-state index >= 15 is 0 Å². The van der Waals surface area contributed by atoms with Gasteiger partial charge in [0.1, 0.15) is 12.1 Å². The fourth-order valence-electron chi connectivity index (χ4n) is 0.995. The molecule has 0 aliphatic heterocycles. The zero-order chi connectivity index (χ0) is 14.1. The van der Waals surface area contributed by atoms with Crippen LogP contribution in [0.1, 0.15) is 34.1 Å². The highest BCUT2D eigenvalue weighted by Crippen LogP contribution is 2.10. The van der Waals surface area contributed by atoms with Crippen molar-refractivity contribution in [2.75, 3.05) is 13.1 Å². The standard InChI is InChI=1S/C10H19NO4.C2H2/c1-5-6-11(7-8(12)13)9(14)15-10(2,3)4;1-2/h5-7H2,1-4H3,(H,12,13);1-2H. The van der Waals surface area contributed by atoms with Crippen LogP contribution in [0.4, 0.5) is 4.79 Å². The van der Waals surface area contributed by atoms with Gasteiger partial charge < -0.3 is 9.84 Å². The number of carbonyl (C=O) groups is 2. The van der Waals surface area contributed by atoms with Gasteiger partial charge >= 0.3 is 12.1 Å². The molecule has 0 spiro atoms. The number of aliphatic carboxylic acids is 1. The van der Waals surface area contributed by atoms with Gasteiger partial charge in [-0.3, -0.25) is 9.69 Å². The second-order valence-corrected chi connectivity index (χ2v) is 4.30. The van der Waals surface area contributed by atoms with Crippen LogP contribution in [0.25, 0.3) is 0 Å². The summed E-state index contributed by atoms with van der Waals surface area (Å²) >= 11 is 0. The molecule has 0 aliphatic rings. The minimum atomic E-state index is -1.03.